The molecule has 160 valence electrons. The van der Waals surface area contributed by atoms with Crippen LogP contribution in [-0.2, 0) is 9.59 Å². The molecule has 2 aromatic rings. The van der Waals surface area contributed by atoms with E-state index in [2.05, 4.69) is 5.32 Å². The van der Waals surface area contributed by atoms with Gasteiger partial charge in [-0.25, -0.2) is 4.90 Å². The first kappa shape index (κ1) is 21.2. The van der Waals surface area contributed by atoms with Crippen LogP contribution in [0, 0.1) is 0 Å². The number of halogens is 2. The number of ether oxygens (including phenoxy) is 1. The third-order valence-electron chi connectivity index (χ3n) is 5.18. The molecule has 3 amide bonds. The summed E-state index contributed by atoms with van der Waals surface area (Å²) in [6.45, 7) is 1.47. The molecule has 0 radical (unpaired) electrons. The molecule has 1 fully saturated rings. The molecule has 7 nitrogen and oxygen atoms in total. The fourth-order valence-electron chi connectivity index (χ4n) is 3.65. The van der Waals surface area contributed by atoms with E-state index in [9.17, 15) is 14.4 Å². The minimum Gasteiger partial charge on any atom is -0.495 e. The van der Waals surface area contributed by atoms with Crippen LogP contribution in [0.25, 0.3) is 0 Å². The Labute approximate surface area is 189 Å². The lowest BCUT2D eigenvalue weighted by Crippen LogP contribution is -2.32. The van der Waals surface area contributed by atoms with Gasteiger partial charge in [-0.15, -0.1) is 0 Å². The van der Waals surface area contributed by atoms with Crippen LogP contribution in [0.5, 0.6) is 5.75 Å². The molecule has 0 aliphatic carbocycles. The highest BCUT2D eigenvalue weighted by molar-refractivity contribution is 6.53. The molecule has 0 atom stereocenters. The maximum atomic E-state index is 13.1. The SMILES string of the molecule is COc1ccc(Cl)cc1N1C(=O)C(Cl)=C(Nc2cccc(C(=O)N3CCCC3)c2)C1=O. The summed E-state index contributed by atoms with van der Waals surface area (Å²) in [7, 11) is 1.43. The van der Waals surface area contributed by atoms with Gasteiger partial charge in [0.25, 0.3) is 17.7 Å². The Morgan fingerprint density at radius 2 is 1.77 bits per heavy atom. The molecular formula is C22H19Cl2N3O4. The number of likely N-dealkylation sites (tertiary alicyclic amines) is 1. The first-order valence-corrected chi connectivity index (χ1v) is 10.4. The Hall–Kier alpha value is -3.03. The fourth-order valence-corrected chi connectivity index (χ4v) is 4.02. The number of carbonyl (C=O) groups excluding carboxylic acids is 3. The van der Waals surface area contributed by atoms with Gasteiger partial charge in [0.2, 0.25) is 0 Å². The highest BCUT2D eigenvalue weighted by Gasteiger charge is 2.40. The highest BCUT2D eigenvalue weighted by Crippen LogP contribution is 2.37. The summed E-state index contributed by atoms with van der Waals surface area (Å²) >= 11 is 12.3. The lowest BCUT2D eigenvalue weighted by atomic mass is 10.1. The molecule has 1 saturated heterocycles. The van der Waals surface area contributed by atoms with E-state index in [0.717, 1.165) is 30.8 Å². The highest BCUT2D eigenvalue weighted by atomic mass is 35.5. The Kier molecular flexibility index (Phi) is 5.89. The fraction of sp³-hybridized carbons (Fsp3) is 0.227. The molecule has 0 aromatic heterocycles. The van der Waals surface area contributed by atoms with Crippen molar-refractivity contribution in [2.75, 3.05) is 30.4 Å². The van der Waals surface area contributed by atoms with Crippen LogP contribution in [0.3, 0.4) is 0 Å². The molecule has 2 heterocycles. The van der Waals surface area contributed by atoms with Crippen molar-refractivity contribution >= 4 is 52.3 Å². The molecule has 0 unspecified atom stereocenters. The average molecular weight is 460 g/mol. The number of amides is 3. The van der Waals surface area contributed by atoms with E-state index in [1.165, 1.54) is 13.2 Å². The number of rotatable bonds is 5. The number of hydrogen-bond donors (Lipinski definition) is 1. The second-order valence-corrected chi connectivity index (χ2v) is 7.97. The molecule has 0 bridgehead atoms. The molecule has 31 heavy (non-hydrogen) atoms. The van der Waals surface area contributed by atoms with Gasteiger partial charge in [0, 0.05) is 29.4 Å². The van der Waals surface area contributed by atoms with E-state index in [-0.39, 0.29) is 22.3 Å². The summed E-state index contributed by atoms with van der Waals surface area (Å²) in [6.07, 6.45) is 1.98. The zero-order valence-corrected chi connectivity index (χ0v) is 18.2. The molecular weight excluding hydrogens is 441 g/mol. The molecule has 2 aromatic carbocycles. The van der Waals surface area contributed by atoms with Crippen LogP contribution in [0.15, 0.2) is 53.2 Å². The Bertz CT molecular complexity index is 1110. The predicted molar refractivity (Wildman–Crippen MR) is 119 cm³/mol. The quantitative estimate of drug-likeness (QED) is 0.682. The predicted octanol–water partition coefficient (Wildman–Crippen LogP) is 4.02. The van der Waals surface area contributed by atoms with Crippen molar-refractivity contribution in [1.82, 2.24) is 4.90 Å². The van der Waals surface area contributed by atoms with E-state index < -0.39 is 11.8 Å². The van der Waals surface area contributed by atoms with E-state index in [4.69, 9.17) is 27.9 Å². The second kappa shape index (κ2) is 8.61. The van der Waals surface area contributed by atoms with E-state index in [1.54, 1.807) is 41.3 Å². The summed E-state index contributed by atoms with van der Waals surface area (Å²) in [5.74, 6) is -1.11. The third-order valence-corrected chi connectivity index (χ3v) is 5.77. The smallest absolute Gasteiger partial charge is 0.283 e. The van der Waals surface area contributed by atoms with Gasteiger partial charge >= 0.3 is 0 Å². The zero-order chi connectivity index (χ0) is 22.1. The molecule has 4 rings (SSSR count). The summed E-state index contributed by atoms with van der Waals surface area (Å²) < 4.78 is 5.26. The third kappa shape index (κ3) is 3.98. The summed E-state index contributed by atoms with van der Waals surface area (Å²) in [6, 6.07) is 11.4. The van der Waals surface area contributed by atoms with E-state index in [1.807, 2.05) is 0 Å². The number of imide groups is 1. The minimum absolute atomic E-state index is 0.0691. The van der Waals surface area contributed by atoms with Crippen molar-refractivity contribution in [3.05, 3.63) is 63.8 Å². The van der Waals surface area contributed by atoms with Crippen molar-refractivity contribution in [2.24, 2.45) is 0 Å². The summed E-state index contributed by atoms with van der Waals surface area (Å²) in [5, 5.41) is 2.97. The van der Waals surface area contributed by atoms with Gasteiger partial charge in [0.15, 0.2) is 0 Å². The van der Waals surface area contributed by atoms with Crippen molar-refractivity contribution in [3.63, 3.8) is 0 Å². The second-order valence-electron chi connectivity index (χ2n) is 7.16. The molecule has 2 aliphatic rings. The lowest BCUT2D eigenvalue weighted by molar-refractivity contribution is -0.120. The standard InChI is InChI=1S/C22H19Cl2N3O4/c1-31-17-8-7-14(23)12-16(17)27-21(29)18(24)19(22(27)30)25-15-6-4-5-13(11-15)20(28)26-9-2-3-10-26/h4-8,11-12,25H,2-3,9-10H2,1H3. The Balaban J connectivity index is 1.60. The topological polar surface area (TPSA) is 79.0 Å². The first-order valence-electron chi connectivity index (χ1n) is 9.69. The molecule has 2 aliphatic heterocycles. The van der Waals surface area contributed by atoms with Crippen molar-refractivity contribution in [1.29, 1.82) is 0 Å². The van der Waals surface area contributed by atoms with Gasteiger partial charge in [0.05, 0.1) is 12.8 Å². The number of anilines is 2. The number of nitrogens with zero attached hydrogens (tertiary/aromatic N) is 2. The van der Waals surface area contributed by atoms with Crippen LogP contribution in [0.1, 0.15) is 23.2 Å². The number of benzene rings is 2. The Morgan fingerprint density at radius 1 is 1.03 bits per heavy atom. The normalized spacial score (nSPS) is 16.4. The molecule has 9 heteroatoms. The van der Waals surface area contributed by atoms with Gasteiger partial charge in [-0.3, -0.25) is 14.4 Å². The van der Waals surface area contributed by atoms with E-state index >= 15 is 0 Å². The maximum absolute atomic E-state index is 13.1. The summed E-state index contributed by atoms with van der Waals surface area (Å²) in [4.78, 5) is 41.2. The van der Waals surface area contributed by atoms with Crippen molar-refractivity contribution in [2.45, 2.75) is 12.8 Å². The number of hydrogen-bond acceptors (Lipinski definition) is 5. The van der Waals surface area contributed by atoms with Crippen LogP contribution in [0.4, 0.5) is 11.4 Å². The van der Waals surface area contributed by atoms with Gasteiger partial charge in [-0.1, -0.05) is 29.3 Å². The molecule has 0 saturated carbocycles. The minimum atomic E-state index is -0.695. The van der Waals surface area contributed by atoms with E-state index in [0.29, 0.717) is 22.0 Å². The number of nitrogens with one attached hydrogen (secondary N) is 1. The van der Waals surface area contributed by atoms with Gasteiger partial charge in [-0.2, -0.15) is 0 Å². The molecule has 0 spiro atoms. The maximum Gasteiger partial charge on any atom is 0.283 e. The van der Waals surface area contributed by atoms with Gasteiger partial charge in [0.1, 0.15) is 16.5 Å². The van der Waals surface area contributed by atoms with Crippen LogP contribution in [-0.4, -0.2) is 42.8 Å². The van der Waals surface area contributed by atoms with Crippen LogP contribution >= 0.6 is 23.2 Å². The van der Waals surface area contributed by atoms with Crippen LogP contribution in [0.2, 0.25) is 5.02 Å². The average Bonchev–Trinajstić information content (AvgIpc) is 3.37. The summed E-state index contributed by atoms with van der Waals surface area (Å²) in [5.41, 5.74) is 1.07. The van der Waals surface area contributed by atoms with Crippen molar-refractivity contribution in [3.8, 4) is 5.75 Å². The zero-order valence-electron chi connectivity index (χ0n) is 16.7. The number of carbonyl (C=O) groups is 3. The van der Waals surface area contributed by atoms with Crippen LogP contribution < -0.4 is 15.0 Å². The van der Waals surface area contributed by atoms with Crippen molar-refractivity contribution < 1.29 is 19.1 Å². The van der Waals surface area contributed by atoms with Gasteiger partial charge in [-0.05, 0) is 49.2 Å². The first-order chi connectivity index (χ1) is 14.9. The number of methoxy groups -OCH3 is 1. The largest absolute Gasteiger partial charge is 0.495 e. The lowest BCUT2D eigenvalue weighted by Gasteiger charge is -2.18. The Morgan fingerprint density at radius 3 is 2.48 bits per heavy atom. The molecule has 1 N–H and O–H groups in total. The van der Waals surface area contributed by atoms with Gasteiger partial charge < -0.3 is 15.0 Å². The monoisotopic (exact) mass is 459 g/mol.